The molecule has 7 nitrogen and oxygen atoms in total. The highest BCUT2D eigenvalue weighted by atomic mass is 19.1. The van der Waals surface area contributed by atoms with Crippen LogP contribution in [0.5, 0.6) is 0 Å². The van der Waals surface area contributed by atoms with E-state index in [2.05, 4.69) is 10.2 Å². The van der Waals surface area contributed by atoms with Gasteiger partial charge in [-0.3, -0.25) is 0 Å². The normalized spacial score (nSPS) is 11.7. The molecule has 31 heavy (non-hydrogen) atoms. The molecule has 5 aromatic rings. The first kappa shape index (κ1) is 19.3. The van der Waals surface area contributed by atoms with E-state index in [-0.39, 0.29) is 6.61 Å². The third-order valence-corrected chi connectivity index (χ3v) is 5.48. The molecule has 2 N–H and O–H groups in total. The number of benzene rings is 2. The molecule has 0 amide bonds. The number of aliphatic hydroxyl groups excluding tert-OH is 1. The Bertz CT molecular complexity index is 1490. The fourth-order valence-corrected chi connectivity index (χ4v) is 4.10. The maximum atomic E-state index is 14.1. The van der Waals surface area contributed by atoms with E-state index in [9.17, 15) is 18.7 Å². The first-order valence-electron chi connectivity index (χ1n) is 9.80. The zero-order chi connectivity index (χ0) is 21.7. The SMILES string of the molecule is Cn1cc(-c2n[nH]c(=O)n2-c2cn(CCCO)c3ccc(F)cc23)c2cc(F)ccc21. The maximum Gasteiger partial charge on any atom is 0.348 e. The van der Waals surface area contributed by atoms with Gasteiger partial charge in [0.25, 0.3) is 0 Å². The number of hydrogen-bond acceptors (Lipinski definition) is 3. The van der Waals surface area contributed by atoms with Gasteiger partial charge in [-0.25, -0.2) is 23.2 Å². The second kappa shape index (κ2) is 7.21. The standard InChI is InChI=1S/C22H19F2N5O2/c1-27-11-17(15-9-13(23)3-5-18(15)27)21-25-26-22(31)29(21)20-12-28(7-2-8-30)19-6-4-14(24)10-16(19)20/h3-6,9-12,30H,2,7-8H2,1H3,(H,26,31). The zero-order valence-electron chi connectivity index (χ0n) is 16.6. The van der Waals surface area contributed by atoms with E-state index >= 15 is 0 Å². The zero-order valence-corrected chi connectivity index (χ0v) is 16.6. The minimum Gasteiger partial charge on any atom is -0.396 e. The van der Waals surface area contributed by atoms with Crippen LogP contribution < -0.4 is 5.69 Å². The lowest BCUT2D eigenvalue weighted by Crippen LogP contribution is -2.15. The second-order valence-electron chi connectivity index (χ2n) is 7.45. The minimum absolute atomic E-state index is 0.00861. The molecule has 0 aliphatic carbocycles. The van der Waals surface area contributed by atoms with Crippen LogP contribution in [-0.2, 0) is 13.6 Å². The van der Waals surface area contributed by atoms with Gasteiger partial charge < -0.3 is 14.2 Å². The lowest BCUT2D eigenvalue weighted by molar-refractivity contribution is 0.280. The van der Waals surface area contributed by atoms with Crippen LogP contribution in [0.1, 0.15) is 6.42 Å². The summed E-state index contributed by atoms with van der Waals surface area (Å²) >= 11 is 0. The van der Waals surface area contributed by atoms with Crippen LogP contribution in [0.25, 0.3) is 38.9 Å². The highest BCUT2D eigenvalue weighted by molar-refractivity contribution is 5.96. The van der Waals surface area contributed by atoms with Gasteiger partial charge in [0.15, 0.2) is 5.82 Å². The molecule has 158 valence electrons. The summed E-state index contributed by atoms with van der Waals surface area (Å²) < 4.78 is 33.1. The first-order valence-corrected chi connectivity index (χ1v) is 9.80. The van der Waals surface area contributed by atoms with Crippen LogP contribution in [0, 0.1) is 11.6 Å². The third kappa shape index (κ3) is 3.05. The van der Waals surface area contributed by atoms with Crippen molar-refractivity contribution >= 4 is 21.8 Å². The van der Waals surface area contributed by atoms with Gasteiger partial charge in [0.2, 0.25) is 0 Å². The second-order valence-corrected chi connectivity index (χ2v) is 7.45. The van der Waals surface area contributed by atoms with Crippen LogP contribution >= 0.6 is 0 Å². The van der Waals surface area contributed by atoms with Gasteiger partial charge >= 0.3 is 5.69 Å². The number of aromatic amines is 1. The summed E-state index contributed by atoms with van der Waals surface area (Å²) in [5.41, 5.74) is 2.05. The van der Waals surface area contributed by atoms with Gasteiger partial charge in [-0.2, -0.15) is 5.10 Å². The molecule has 0 radical (unpaired) electrons. The van der Waals surface area contributed by atoms with E-state index < -0.39 is 17.3 Å². The molecule has 0 saturated heterocycles. The largest absolute Gasteiger partial charge is 0.396 e. The van der Waals surface area contributed by atoms with Crippen LogP contribution in [0.3, 0.4) is 0 Å². The lowest BCUT2D eigenvalue weighted by atomic mass is 10.1. The number of rotatable bonds is 5. The molecule has 0 unspecified atom stereocenters. The molecule has 5 rings (SSSR count). The molecule has 0 bridgehead atoms. The minimum atomic E-state index is -0.492. The van der Waals surface area contributed by atoms with Gasteiger partial charge in [-0.05, 0) is 42.8 Å². The molecule has 2 aromatic carbocycles. The molecule has 0 aliphatic rings. The predicted octanol–water partition coefficient (Wildman–Crippen LogP) is 3.33. The number of nitrogens with one attached hydrogen (secondary N) is 1. The van der Waals surface area contributed by atoms with Crippen molar-refractivity contribution in [3.8, 4) is 17.1 Å². The van der Waals surface area contributed by atoms with Gasteiger partial charge in [-0.1, -0.05) is 0 Å². The summed E-state index contributed by atoms with van der Waals surface area (Å²) in [7, 11) is 1.83. The van der Waals surface area contributed by atoms with E-state index in [0.717, 1.165) is 11.0 Å². The molecule has 3 aromatic heterocycles. The lowest BCUT2D eigenvalue weighted by Gasteiger charge is -2.04. The summed E-state index contributed by atoms with van der Waals surface area (Å²) in [6, 6.07) is 8.81. The molecular weight excluding hydrogens is 404 g/mol. The Kier molecular flexibility index (Phi) is 4.48. The summed E-state index contributed by atoms with van der Waals surface area (Å²) in [6.07, 6.45) is 4.03. The van der Waals surface area contributed by atoms with Gasteiger partial charge in [0.1, 0.15) is 11.6 Å². The van der Waals surface area contributed by atoms with E-state index in [1.807, 2.05) is 16.2 Å². The highest BCUT2D eigenvalue weighted by Gasteiger charge is 2.21. The number of hydrogen-bond donors (Lipinski definition) is 2. The van der Waals surface area contributed by atoms with Crippen molar-refractivity contribution in [3.63, 3.8) is 0 Å². The van der Waals surface area contributed by atoms with Crippen molar-refractivity contribution in [3.05, 3.63) is 70.9 Å². The van der Waals surface area contributed by atoms with E-state index in [0.29, 0.717) is 40.8 Å². The van der Waals surface area contributed by atoms with Crippen molar-refractivity contribution in [2.45, 2.75) is 13.0 Å². The third-order valence-electron chi connectivity index (χ3n) is 5.48. The number of aromatic nitrogens is 5. The molecule has 9 heteroatoms. The van der Waals surface area contributed by atoms with E-state index in [4.69, 9.17) is 0 Å². The molecule has 3 heterocycles. The number of aliphatic hydroxyl groups is 1. The number of aryl methyl sites for hydroxylation is 2. The van der Waals surface area contributed by atoms with Gasteiger partial charge in [0, 0.05) is 54.4 Å². The summed E-state index contributed by atoms with van der Waals surface area (Å²) in [5, 5.41) is 17.0. The van der Waals surface area contributed by atoms with E-state index in [1.165, 1.54) is 28.8 Å². The van der Waals surface area contributed by atoms with Gasteiger partial charge in [-0.15, -0.1) is 0 Å². The smallest absolute Gasteiger partial charge is 0.348 e. The quantitative estimate of drug-likeness (QED) is 0.455. The highest BCUT2D eigenvalue weighted by Crippen LogP contribution is 2.32. The Morgan fingerprint density at radius 2 is 1.74 bits per heavy atom. The molecule has 0 spiro atoms. The van der Waals surface area contributed by atoms with Crippen molar-refractivity contribution in [1.29, 1.82) is 0 Å². The van der Waals surface area contributed by atoms with Crippen molar-refractivity contribution in [2.24, 2.45) is 7.05 Å². The number of H-pyrrole nitrogens is 1. The maximum absolute atomic E-state index is 14.1. The van der Waals surface area contributed by atoms with Crippen LogP contribution in [0.4, 0.5) is 8.78 Å². The Morgan fingerprint density at radius 1 is 1.03 bits per heavy atom. The molecule has 0 aliphatic heterocycles. The topological polar surface area (TPSA) is 80.8 Å². The number of halogens is 2. The fraction of sp³-hybridized carbons (Fsp3) is 0.182. The van der Waals surface area contributed by atoms with Crippen LogP contribution in [0.15, 0.2) is 53.6 Å². The van der Waals surface area contributed by atoms with Crippen LogP contribution in [-0.4, -0.2) is 35.6 Å². The molecule has 0 atom stereocenters. The average Bonchev–Trinajstić information content (AvgIpc) is 3.39. The molecule has 0 saturated carbocycles. The molecular formula is C22H19F2N5O2. The number of nitrogens with zero attached hydrogens (tertiary/aromatic N) is 4. The Labute approximate surface area is 174 Å². The summed E-state index contributed by atoms with van der Waals surface area (Å²) in [4.78, 5) is 12.8. The average molecular weight is 423 g/mol. The van der Waals surface area contributed by atoms with Crippen molar-refractivity contribution in [2.75, 3.05) is 6.61 Å². The van der Waals surface area contributed by atoms with Crippen molar-refractivity contribution in [1.82, 2.24) is 23.9 Å². The summed E-state index contributed by atoms with van der Waals surface area (Å²) in [6.45, 7) is 0.509. The Morgan fingerprint density at radius 3 is 2.48 bits per heavy atom. The monoisotopic (exact) mass is 423 g/mol. The predicted molar refractivity (Wildman–Crippen MR) is 113 cm³/mol. The van der Waals surface area contributed by atoms with E-state index in [1.54, 1.807) is 24.5 Å². The van der Waals surface area contributed by atoms with Crippen molar-refractivity contribution < 1.29 is 13.9 Å². The first-order chi connectivity index (χ1) is 15.0. The Balaban J connectivity index is 1.79. The summed E-state index contributed by atoms with van der Waals surface area (Å²) in [5.74, 6) is -0.530. The van der Waals surface area contributed by atoms with Crippen LogP contribution in [0.2, 0.25) is 0 Å². The fourth-order valence-electron chi connectivity index (χ4n) is 4.10. The van der Waals surface area contributed by atoms with Gasteiger partial charge in [0.05, 0.1) is 11.2 Å². The number of fused-ring (bicyclic) bond motifs is 2. The molecule has 0 fully saturated rings. The Hall–Kier alpha value is -3.72.